The zero-order valence-electron chi connectivity index (χ0n) is 7.30. The van der Waals surface area contributed by atoms with E-state index >= 15 is 0 Å². The maximum atomic E-state index is 12.6. The van der Waals surface area contributed by atoms with Crippen LogP contribution in [0.25, 0.3) is 0 Å². The summed E-state index contributed by atoms with van der Waals surface area (Å²) in [5, 5.41) is 0. The van der Waals surface area contributed by atoms with E-state index in [2.05, 4.69) is 6.58 Å². The number of ketones is 1. The van der Waals surface area contributed by atoms with Crippen LogP contribution in [0.2, 0.25) is 0 Å². The van der Waals surface area contributed by atoms with Crippen molar-refractivity contribution in [2.45, 2.75) is 0 Å². The maximum Gasteiger partial charge on any atom is 0.192 e. The monoisotopic (exact) mass is 198 g/mol. The molecule has 0 saturated heterocycles. The second-order valence-electron chi connectivity index (χ2n) is 2.54. The molecule has 0 amide bonds. The Kier molecular flexibility index (Phi) is 3.34. The van der Waals surface area contributed by atoms with Gasteiger partial charge in [0.25, 0.3) is 0 Å². The Balaban J connectivity index is 2.64. The molecule has 0 aliphatic rings. The lowest BCUT2D eigenvalue weighted by Gasteiger charge is -2.03. The molecular formula is C10H8F2O2. The summed E-state index contributed by atoms with van der Waals surface area (Å²) >= 11 is 0. The van der Waals surface area contributed by atoms with Crippen LogP contribution in [0.3, 0.4) is 0 Å². The molecule has 0 aliphatic carbocycles. The number of rotatable bonds is 4. The third-order valence-corrected chi connectivity index (χ3v) is 1.50. The van der Waals surface area contributed by atoms with E-state index in [9.17, 15) is 13.6 Å². The van der Waals surface area contributed by atoms with Crippen molar-refractivity contribution in [1.29, 1.82) is 0 Å². The Morgan fingerprint density at radius 3 is 2.71 bits per heavy atom. The van der Waals surface area contributed by atoms with E-state index in [0.717, 1.165) is 18.2 Å². The van der Waals surface area contributed by atoms with Crippen molar-refractivity contribution in [3.05, 3.63) is 42.5 Å². The quantitative estimate of drug-likeness (QED) is 0.692. The average Bonchev–Trinajstić information content (AvgIpc) is 2.19. The first-order valence-corrected chi connectivity index (χ1v) is 3.86. The van der Waals surface area contributed by atoms with Gasteiger partial charge in [-0.25, -0.2) is 8.78 Å². The van der Waals surface area contributed by atoms with E-state index in [1.807, 2.05) is 0 Å². The summed E-state index contributed by atoms with van der Waals surface area (Å²) < 4.78 is 29.9. The first kappa shape index (κ1) is 10.4. The normalized spacial score (nSPS) is 9.57. The highest BCUT2D eigenvalue weighted by Gasteiger charge is 2.04. The Hall–Kier alpha value is -1.71. The zero-order valence-corrected chi connectivity index (χ0v) is 7.30. The molecule has 1 aromatic rings. The second kappa shape index (κ2) is 4.50. The van der Waals surface area contributed by atoms with E-state index in [-0.39, 0.29) is 18.1 Å². The molecule has 0 radical (unpaired) electrons. The fraction of sp³-hybridized carbons (Fsp3) is 0.100. The molecule has 4 heteroatoms. The predicted octanol–water partition coefficient (Wildman–Crippen LogP) is 2.10. The summed E-state index contributed by atoms with van der Waals surface area (Å²) in [5.74, 6) is -2.17. The van der Waals surface area contributed by atoms with Crippen LogP contribution in [0, 0.1) is 11.6 Å². The molecule has 0 saturated carbocycles. The number of ether oxygens (including phenoxy) is 1. The Bertz CT molecular complexity index is 361. The van der Waals surface area contributed by atoms with Crippen molar-refractivity contribution in [3.63, 3.8) is 0 Å². The Labute approximate surface area is 79.8 Å². The smallest absolute Gasteiger partial charge is 0.192 e. The summed E-state index contributed by atoms with van der Waals surface area (Å²) in [7, 11) is 0. The first-order valence-electron chi connectivity index (χ1n) is 3.86. The maximum absolute atomic E-state index is 12.6. The Morgan fingerprint density at radius 2 is 2.14 bits per heavy atom. The van der Waals surface area contributed by atoms with Gasteiger partial charge in [-0.3, -0.25) is 4.79 Å². The van der Waals surface area contributed by atoms with Crippen molar-refractivity contribution in [3.8, 4) is 5.75 Å². The van der Waals surface area contributed by atoms with Crippen molar-refractivity contribution in [2.24, 2.45) is 0 Å². The molecule has 74 valence electrons. The molecule has 0 aliphatic heterocycles. The van der Waals surface area contributed by atoms with Gasteiger partial charge < -0.3 is 4.74 Å². The van der Waals surface area contributed by atoms with Crippen LogP contribution in [-0.2, 0) is 4.79 Å². The molecule has 0 N–H and O–H groups in total. The van der Waals surface area contributed by atoms with Gasteiger partial charge in [-0.1, -0.05) is 6.58 Å². The van der Waals surface area contributed by atoms with Gasteiger partial charge in [-0.2, -0.15) is 0 Å². The minimum Gasteiger partial charge on any atom is -0.485 e. The van der Waals surface area contributed by atoms with Gasteiger partial charge in [0, 0.05) is 6.07 Å². The third kappa shape index (κ3) is 2.65. The molecule has 0 heterocycles. The molecule has 0 atom stereocenters. The molecule has 14 heavy (non-hydrogen) atoms. The van der Waals surface area contributed by atoms with Gasteiger partial charge in [-0.15, -0.1) is 0 Å². The number of hydrogen-bond donors (Lipinski definition) is 0. The lowest BCUT2D eigenvalue weighted by Crippen LogP contribution is -2.07. The minimum atomic E-state index is -1.01. The molecule has 0 fully saturated rings. The van der Waals surface area contributed by atoms with Crippen molar-refractivity contribution in [1.82, 2.24) is 0 Å². The van der Waals surface area contributed by atoms with Crippen LogP contribution < -0.4 is 4.74 Å². The number of benzene rings is 1. The van der Waals surface area contributed by atoms with Gasteiger partial charge in [0.1, 0.15) is 5.75 Å². The van der Waals surface area contributed by atoms with Crippen LogP contribution in [0.15, 0.2) is 30.9 Å². The summed E-state index contributed by atoms with van der Waals surface area (Å²) in [5.41, 5.74) is 0. The van der Waals surface area contributed by atoms with E-state index < -0.39 is 11.6 Å². The fourth-order valence-corrected chi connectivity index (χ4v) is 0.780. The van der Waals surface area contributed by atoms with Crippen LogP contribution in [-0.4, -0.2) is 12.4 Å². The molecule has 0 aromatic heterocycles. The van der Waals surface area contributed by atoms with E-state index in [1.54, 1.807) is 0 Å². The first-order chi connectivity index (χ1) is 6.63. The van der Waals surface area contributed by atoms with Crippen molar-refractivity contribution >= 4 is 5.78 Å². The number of carbonyl (C=O) groups is 1. The number of carbonyl (C=O) groups excluding carboxylic acids is 1. The third-order valence-electron chi connectivity index (χ3n) is 1.50. The summed E-state index contributed by atoms with van der Waals surface area (Å²) in [6.07, 6.45) is 1.10. The highest BCUT2D eigenvalue weighted by Crippen LogP contribution is 2.15. The highest BCUT2D eigenvalue weighted by atomic mass is 19.2. The predicted molar refractivity (Wildman–Crippen MR) is 47.1 cm³/mol. The Morgan fingerprint density at radius 1 is 1.43 bits per heavy atom. The van der Waals surface area contributed by atoms with Crippen molar-refractivity contribution < 1.29 is 18.3 Å². The largest absolute Gasteiger partial charge is 0.485 e. The summed E-state index contributed by atoms with van der Waals surface area (Å²) in [6, 6.07) is 3.06. The molecule has 1 rings (SSSR count). The van der Waals surface area contributed by atoms with Crippen LogP contribution in [0.4, 0.5) is 8.78 Å². The number of hydrogen-bond acceptors (Lipinski definition) is 2. The SMILES string of the molecule is C=CC(=O)COc1ccc(F)c(F)c1. The summed E-state index contributed by atoms with van der Waals surface area (Å²) in [6.45, 7) is 3.01. The van der Waals surface area contributed by atoms with E-state index in [4.69, 9.17) is 4.74 Å². The fourth-order valence-electron chi connectivity index (χ4n) is 0.780. The molecule has 0 unspecified atom stereocenters. The van der Waals surface area contributed by atoms with Gasteiger partial charge >= 0.3 is 0 Å². The zero-order chi connectivity index (χ0) is 10.6. The van der Waals surface area contributed by atoms with Gasteiger partial charge in [0.15, 0.2) is 24.0 Å². The molecule has 0 spiro atoms. The van der Waals surface area contributed by atoms with Gasteiger partial charge in [0.2, 0.25) is 0 Å². The molecule has 2 nitrogen and oxygen atoms in total. The standard InChI is InChI=1S/C10H8F2O2/c1-2-7(13)6-14-8-3-4-9(11)10(12)5-8/h2-5H,1,6H2. The lowest BCUT2D eigenvalue weighted by atomic mass is 10.3. The van der Waals surface area contributed by atoms with Crippen LogP contribution in [0.1, 0.15) is 0 Å². The average molecular weight is 198 g/mol. The van der Waals surface area contributed by atoms with Crippen LogP contribution >= 0.6 is 0 Å². The second-order valence-corrected chi connectivity index (χ2v) is 2.54. The number of halogens is 2. The molecule has 1 aromatic carbocycles. The lowest BCUT2D eigenvalue weighted by molar-refractivity contribution is -0.116. The van der Waals surface area contributed by atoms with Gasteiger partial charge in [0.05, 0.1) is 0 Å². The van der Waals surface area contributed by atoms with E-state index in [1.165, 1.54) is 6.07 Å². The summed E-state index contributed by atoms with van der Waals surface area (Å²) in [4.78, 5) is 10.7. The highest BCUT2D eigenvalue weighted by molar-refractivity contribution is 5.90. The van der Waals surface area contributed by atoms with Crippen molar-refractivity contribution in [2.75, 3.05) is 6.61 Å². The topological polar surface area (TPSA) is 26.3 Å². The van der Waals surface area contributed by atoms with Gasteiger partial charge in [-0.05, 0) is 18.2 Å². The molecular weight excluding hydrogens is 190 g/mol. The van der Waals surface area contributed by atoms with E-state index in [0.29, 0.717) is 0 Å². The van der Waals surface area contributed by atoms with Crippen LogP contribution in [0.5, 0.6) is 5.75 Å². The molecule has 0 bridgehead atoms. The minimum absolute atomic E-state index is 0.110.